The summed E-state index contributed by atoms with van der Waals surface area (Å²) >= 11 is 0. The lowest BCUT2D eigenvalue weighted by molar-refractivity contribution is 0.0935. The number of fused-ring (bicyclic) bond motifs is 1. The fraction of sp³-hybridized carbons (Fsp3) is 0.533. The van der Waals surface area contributed by atoms with Gasteiger partial charge in [-0.3, -0.25) is 4.79 Å². The Morgan fingerprint density at radius 1 is 1.38 bits per heavy atom. The van der Waals surface area contributed by atoms with E-state index in [1.54, 1.807) is 10.7 Å². The first-order chi connectivity index (χ1) is 10.1. The summed E-state index contributed by atoms with van der Waals surface area (Å²) in [4.78, 5) is 17.0. The highest BCUT2D eigenvalue weighted by Crippen LogP contribution is 2.13. The molecule has 1 atom stereocenters. The number of hydrogen-bond acceptors (Lipinski definition) is 4. The number of carbonyl (C=O) groups excluding carboxylic acids is 1. The van der Waals surface area contributed by atoms with Crippen LogP contribution in [0.2, 0.25) is 0 Å². The molecule has 0 radical (unpaired) electrons. The normalized spacial score (nSPS) is 19.4. The first-order valence-corrected chi connectivity index (χ1v) is 7.49. The summed E-state index contributed by atoms with van der Waals surface area (Å²) in [5, 5.41) is 10.7. The van der Waals surface area contributed by atoms with E-state index in [-0.39, 0.29) is 11.9 Å². The summed E-state index contributed by atoms with van der Waals surface area (Å²) in [5.41, 5.74) is 3.07. The van der Waals surface area contributed by atoms with Crippen LogP contribution in [0.5, 0.6) is 0 Å². The van der Waals surface area contributed by atoms with Crippen molar-refractivity contribution in [3.05, 3.63) is 29.2 Å². The van der Waals surface area contributed by atoms with Crippen molar-refractivity contribution >= 4 is 11.6 Å². The SMILES string of the molecule is Cc1cc(C)n2ncc(C(=O)NC3CCCNCC3)c2n1. The van der Waals surface area contributed by atoms with Crippen molar-refractivity contribution < 1.29 is 4.79 Å². The molecule has 1 saturated heterocycles. The van der Waals surface area contributed by atoms with E-state index in [1.165, 1.54) is 0 Å². The van der Waals surface area contributed by atoms with Gasteiger partial charge in [-0.05, 0) is 52.3 Å². The summed E-state index contributed by atoms with van der Waals surface area (Å²) in [6.07, 6.45) is 4.69. The third-order valence-corrected chi connectivity index (χ3v) is 3.93. The van der Waals surface area contributed by atoms with Gasteiger partial charge in [0.1, 0.15) is 5.56 Å². The van der Waals surface area contributed by atoms with Gasteiger partial charge in [0.2, 0.25) is 0 Å². The molecule has 2 aromatic heterocycles. The molecular weight excluding hydrogens is 266 g/mol. The Morgan fingerprint density at radius 3 is 3.10 bits per heavy atom. The van der Waals surface area contributed by atoms with E-state index < -0.39 is 0 Å². The predicted molar refractivity (Wildman–Crippen MR) is 80.4 cm³/mol. The maximum absolute atomic E-state index is 12.5. The summed E-state index contributed by atoms with van der Waals surface area (Å²) in [5.74, 6) is -0.0746. The second-order valence-electron chi connectivity index (χ2n) is 5.68. The molecule has 112 valence electrons. The first-order valence-electron chi connectivity index (χ1n) is 7.49. The van der Waals surface area contributed by atoms with Crippen LogP contribution in [0.15, 0.2) is 12.3 Å². The number of nitrogens with one attached hydrogen (secondary N) is 2. The number of hydrogen-bond donors (Lipinski definition) is 2. The van der Waals surface area contributed by atoms with Crippen LogP contribution >= 0.6 is 0 Å². The molecule has 1 aliphatic heterocycles. The van der Waals surface area contributed by atoms with Gasteiger partial charge in [-0.25, -0.2) is 9.50 Å². The molecule has 2 N–H and O–H groups in total. The van der Waals surface area contributed by atoms with Crippen LogP contribution in [0, 0.1) is 13.8 Å². The summed E-state index contributed by atoms with van der Waals surface area (Å²) in [7, 11) is 0. The van der Waals surface area contributed by atoms with Crippen LogP contribution in [0.1, 0.15) is 41.0 Å². The zero-order valence-corrected chi connectivity index (χ0v) is 12.5. The maximum Gasteiger partial charge on any atom is 0.256 e. The Kier molecular flexibility index (Phi) is 3.88. The Morgan fingerprint density at radius 2 is 2.24 bits per heavy atom. The van der Waals surface area contributed by atoms with Gasteiger partial charge in [-0.2, -0.15) is 5.10 Å². The van der Waals surface area contributed by atoms with Gasteiger partial charge >= 0.3 is 0 Å². The smallest absolute Gasteiger partial charge is 0.256 e. The molecule has 0 spiro atoms. The molecule has 0 aliphatic carbocycles. The molecule has 1 fully saturated rings. The van der Waals surface area contributed by atoms with E-state index in [2.05, 4.69) is 20.7 Å². The molecule has 1 unspecified atom stereocenters. The zero-order valence-electron chi connectivity index (χ0n) is 12.5. The Labute approximate surface area is 123 Å². The quantitative estimate of drug-likeness (QED) is 0.871. The second kappa shape index (κ2) is 5.81. The molecule has 0 aromatic carbocycles. The lowest BCUT2D eigenvalue weighted by Crippen LogP contribution is -2.35. The fourth-order valence-corrected chi connectivity index (χ4v) is 2.86. The van der Waals surface area contributed by atoms with Crippen molar-refractivity contribution in [3.8, 4) is 0 Å². The summed E-state index contributed by atoms with van der Waals surface area (Å²) in [6.45, 7) is 5.88. The van der Waals surface area contributed by atoms with Gasteiger partial charge in [0.15, 0.2) is 5.65 Å². The van der Waals surface area contributed by atoms with Crippen LogP contribution in [-0.4, -0.2) is 39.6 Å². The lowest BCUT2D eigenvalue weighted by Gasteiger charge is -2.15. The largest absolute Gasteiger partial charge is 0.349 e. The molecule has 2 aromatic rings. The van der Waals surface area contributed by atoms with Crippen molar-refractivity contribution in [3.63, 3.8) is 0 Å². The first kappa shape index (κ1) is 14.0. The summed E-state index contributed by atoms with van der Waals surface area (Å²) < 4.78 is 1.72. The van der Waals surface area contributed by atoms with Crippen LogP contribution in [-0.2, 0) is 0 Å². The zero-order chi connectivity index (χ0) is 14.8. The Hall–Kier alpha value is -1.95. The highest BCUT2D eigenvalue weighted by molar-refractivity contribution is 5.99. The van der Waals surface area contributed by atoms with Gasteiger partial charge in [0.25, 0.3) is 5.91 Å². The molecule has 21 heavy (non-hydrogen) atoms. The molecule has 6 nitrogen and oxygen atoms in total. The van der Waals surface area contributed by atoms with Crippen molar-refractivity contribution in [1.29, 1.82) is 0 Å². The molecular formula is C15H21N5O. The van der Waals surface area contributed by atoms with Crippen molar-refractivity contribution in [2.75, 3.05) is 13.1 Å². The Bertz CT molecular complexity index is 655. The third kappa shape index (κ3) is 2.90. The lowest BCUT2D eigenvalue weighted by atomic mass is 10.1. The summed E-state index contributed by atoms with van der Waals surface area (Å²) in [6, 6.07) is 2.19. The van der Waals surface area contributed by atoms with E-state index in [9.17, 15) is 4.79 Å². The number of carbonyl (C=O) groups is 1. The van der Waals surface area contributed by atoms with E-state index in [1.807, 2.05) is 19.9 Å². The number of aryl methyl sites for hydroxylation is 2. The maximum atomic E-state index is 12.5. The van der Waals surface area contributed by atoms with E-state index >= 15 is 0 Å². The van der Waals surface area contributed by atoms with Gasteiger partial charge in [-0.15, -0.1) is 0 Å². The van der Waals surface area contributed by atoms with Crippen LogP contribution in [0.25, 0.3) is 5.65 Å². The number of nitrogens with zero attached hydrogens (tertiary/aromatic N) is 3. The highest BCUT2D eigenvalue weighted by Gasteiger charge is 2.19. The van der Waals surface area contributed by atoms with Gasteiger partial charge < -0.3 is 10.6 Å². The van der Waals surface area contributed by atoms with Crippen molar-refractivity contribution in [1.82, 2.24) is 25.2 Å². The van der Waals surface area contributed by atoms with E-state index in [4.69, 9.17) is 0 Å². The average molecular weight is 287 g/mol. The molecule has 1 amide bonds. The molecule has 6 heteroatoms. The topological polar surface area (TPSA) is 71.3 Å². The number of amides is 1. The number of rotatable bonds is 2. The van der Waals surface area contributed by atoms with E-state index in [0.29, 0.717) is 11.2 Å². The molecule has 1 aliphatic rings. The van der Waals surface area contributed by atoms with Gasteiger partial charge in [-0.1, -0.05) is 0 Å². The minimum absolute atomic E-state index is 0.0746. The predicted octanol–water partition coefficient (Wildman–Crippen LogP) is 1.22. The molecule has 3 rings (SSSR count). The van der Waals surface area contributed by atoms with Crippen LogP contribution in [0.4, 0.5) is 0 Å². The Balaban J connectivity index is 1.84. The number of aromatic nitrogens is 3. The molecule has 3 heterocycles. The fourth-order valence-electron chi connectivity index (χ4n) is 2.86. The van der Waals surface area contributed by atoms with Gasteiger partial charge in [0.05, 0.1) is 6.20 Å². The standard InChI is InChI=1S/C15H21N5O/c1-10-8-11(2)20-14(18-10)13(9-17-20)15(21)19-12-4-3-6-16-7-5-12/h8-9,12,16H,3-7H2,1-2H3,(H,19,21). The molecule has 0 bridgehead atoms. The average Bonchev–Trinajstić information content (AvgIpc) is 2.69. The van der Waals surface area contributed by atoms with E-state index in [0.717, 1.165) is 43.7 Å². The van der Waals surface area contributed by atoms with Crippen molar-refractivity contribution in [2.24, 2.45) is 0 Å². The minimum atomic E-state index is -0.0746. The van der Waals surface area contributed by atoms with Crippen LogP contribution < -0.4 is 10.6 Å². The van der Waals surface area contributed by atoms with Crippen LogP contribution in [0.3, 0.4) is 0 Å². The molecule has 0 saturated carbocycles. The second-order valence-corrected chi connectivity index (χ2v) is 5.68. The highest BCUT2D eigenvalue weighted by atomic mass is 16.1. The monoisotopic (exact) mass is 287 g/mol. The minimum Gasteiger partial charge on any atom is -0.349 e. The third-order valence-electron chi connectivity index (χ3n) is 3.93. The van der Waals surface area contributed by atoms with Crippen molar-refractivity contribution in [2.45, 2.75) is 39.2 Å². The van der Waals surface area contributed by atoms with Gasteiger partial charge in [0, 0.05) is 17.4 Å².